The molecule has 0 unspecified atom stereocenters. The average molecular weight is 303 g/mol. The third-order valence-electron chi connectivity index (χ3n) is 4.25. The summed E-state index contributed by atoms with van der Waals surface area (Å²) < 4.78 is 5.57. The molecule has 2 rings (SSSR count). The Kier molecular flexibility index (Phi) is 5.99. The number of hydrogen-bond acceptors (Lipinski definition) is 3. The molecule has 1 fully saturated rings. The lowest BCUT2D eigenvalue weighted by Gasteiger charge is -2.30. The first-order valence-electron chi connectivity index (χ1n) is 8.10. The Morgan fingerprint density at radius 3 is 2.36 bits per heavy atom. The number of nitrogens with zero attached hydrogens (tertiary/aromatic N) is 1. The van der Waals surface area contributed by atoms with Crippen molar-refractivity contribution in [1.29, 1.82) is 0 Å². The number of ether oxygens (including phenoxy) is 1. The maximum Gasteiger partial charge on any atom is 0.260 e. The highest BCUT2D eigenvalue weighted by Crippen LogP contribution is 2.18. The van der Waals surface area contributed by atoms with Crippen LogP contribution in [0.4, 0.5) is 0 Å². The van der Waals surface area contributed by atoms with Crippen LogP contribution in [0.25, 0.3) is 0 Å². The van der Waals surface area contributed by atoms with Crippen molar-refractivity contribution in [3.05, 3.63) is 29.8 Å². The summed E-state index contributed by atoms with van der Waals surface area (Å²) in [6.07, 6.45) is 3.72. The second-order valence-corrected chi connectivity index (χ2v) is 5.95. The summed E-state index contributed by atoms with van der Waals surface area (Å²) in [6.45, 7) is 5.16. The number of ketones is 1. The molecule has 1 aliphatic rings. The van der Waals surface area contributed by atoms with E-state index >= 15 is 0 Å². The summed E-state index contributed by atoms with van der Waals surface area (Å²) in [4.78, 5) is 25.3. The van der Waals surface area contributed by atoms with E-state index in [0.29, 0.717) is 13.1 Å². The molecule has 1 aromatic carbocycles. The number of aryl methyl sites for hydroxylation is 1. The fraction of sp³-hybridized carbons (Fsp3) is 0.556. The third kappa shape index (κ3) is 4.58. The van der Waals surface area contributed by atoms with E-state index in [1.54, 1.807) is 11.8 Å². The number of hydrogen-bond donors (Lipinski definition) is 0. The van der Waals surface area contributed by atoms with Crippen molar-refractivity contribution in [3.8, 4) is 5.75 Å². The molecule has 22 heavy (non-hydrogen) atoms. The monoisotopic (exact) mass is 303 g/mol. The van der Waals surface area contributed by atoms with E-state index in [-0.39, 0.29) is 24.2 Å². The van der Waals surface area contributed by atoms with Crippen molar-refractivity contribution in [2.75, 3.05) is 19.7 Å². The van der Waals surface area contributed by atoms with E-state index in [0.717, 1.165) is 31.4 Å². The van der Waals surface area contributed by atoms with Gasteiger partial charge in [-0.3, -0.25) is 9.59 Å². The van der Waals surface area contributed by atoms with Crippen LogP contribution in [0.15, 0.2) is 24.3 Å². The zero-order valence-electron chi connectivity index (χ0n) is 13.5. The number of carbonyl (C=O) groups excluding carboxylic acids is 2. The molecule has 0 saturated carbocycles. The molecule has 1 amide bonds. The van der Waals surface area contributed by atoms with Gasteiger partial charge in [0.1, 0.15) is 11.5 Å². The molecule has 4 nitrogen and oxygen atoms in total. The first kappa shape index (κ1) is 16.5. The van der Waals surface area contributed by atoms with Crippen LogP contribution < -0.4 is 4.74 Å². The SMILES string of the molecule is CCCc1ccc(OCC(=O)N2CCC(C(C)=O)CC2)cc1. The maximum absolute atomic E-state index is 12.1. The molecule has 0 aromatic heterocycles. The van der Waals surface area contributed by atoms with Gasteiger partial charge in [0.15, 0.2) is 6.61 Å². The van der Waals surface area contributed by atoms with Crippen LogP contribution in [0.2, 0.25) is 0 Å². The maximum atomic E-state index is 12.1. The van der Waals surface area contributed by atoms with E-state index in [1.165, 1.54) is 5.56 Å². The smallest absolute Gasteiger partial charge is 0.260 e. The number of rotatable bonds is 6. The number of carbonyl (C=O) groups is 2. The lowest BCUT2D eigenvalue weighted by molar-refractivity contribution is -0.136. The molecule has 0 radical (unpaired) electrons. The molecule has 0 aliphatic carbocycles. The van der Waals surface area contributed by atoms with Crippen LogP contribution in [0, 0.1) is 5.92 Å². The van der Waals surface area contributed by atoms with Crippen LogP contribution in [0.5, 0.6) is 5.75 Å². The summed E-state index contributed by atoms with van der Waals surface area (Å²) in [5, 5.41) is 0. The minimum atomic E-state index is -0.000336. The van der Waals surface area contributed by atoms with Crippen LogP contribution in [0.3, 0.4) is 0 Å². The molecule has 0 N–H and O–H groups in total. The molecule has 4 heteroatoms. The summed E-state index contributed by atoms with van der Waals surface area (Å²) in [6, 6.07) is 7.92. The quantitative estimate of drug-likeness (QED) is 0.812. The fourth-order valence-corrected chi connectivity index (χ4v) is 2.81. The zero-order valence-corrected chi connectivity index (χ0v) is 13.5. The predicted octanol–water partition coefficient (Wildman–Crippen LogP) is 2.85. The third-order valence-corrected chi connectivity index (χ3v) is 4.25. The van der Waals surface area contributed by atoms with Gasteiger partial charge in [-0.15, -0.1) is 0 Å². The van der Waals surface area contributed by atoms with Gasteiger partial charge in [-0.2, -0.15) is 0 Å². The normalized spacial score (nSPS) is 15.6. The van der Waals surface area contributed by atoms with Gasteiger partial charge < -0.3 is 9.64 Å². The second kappa shape index (κ2) is 7.97. The van der Waals surface area contributed by atoms with Crippen LogP contribution in [-0.4, -0.2) is 36.3 Å². The minimum absolute atomic E-state index is 0.000336. The Morgan fingerprint density at radius 1 is 1.18 bits per heavy atom. The summed E-state index contributed by atoms with van der Waals surface area (Å²) in [5.74, 6) is 1.08. The first-order chi connectivity index (χ1) is 10.6. The standard InChI is InChI=1S/C18H25NO3/c1-3-4-15-5-7-17(8-6-15)22-13-18(21)19-11-9-16(10-12-19)14(2)20/h5-8,16H,3-4,9-13H2,1-2H3. The first-order valence-corrected chi connectivity index (χ1v) is 8.10. The molecular formula is C18H25NO3. The highest BCUT2D eigenvalue weighted by Gasteiger charge is 2.25. The summed E-state index contributed by atoms with van der Waals surface area (Å²) in [7, 11) is 0. The van der Waals surface area contributed by atoms with Crippen molar-refractivity contribution in [2.24, 2.45) is 5.92 Å². The van der Waals surface area contributed by atoms with E-state index in [2.05, 4.69) is 6.92 Å². The van der Waals surface area contributed by atoms with E-state index in [9.17, 15) is 9.59 Å². The van der Waals surface area contributed by atoms with Crippen LogP contribution in [-0.2, 0) is 16.0 Å². The van der Waals surface area contributed by atoms with Gasteiger partial charge in [-0.05, 0) is 43.9 Å². The van der Waals surface area contributed by atoms with Crippen molar-refractivity contribution in [1.82, 2.24) is 4.90 Å². The Balaban J connectivity index is 1.77. The van der Waals surface area contributed by atoms with Crippen molar-refractivity contribution < 1.29 is 14.3 Å². The van der Waals surface area contributed by atoms with Crippen molar-refractivity contribution >= 4 is 11.7 Å². The van der Waals surface area contributed by atoms with Gasteiger partial charge in [0.05, 0.1) is 0 Å². The van der Waals surface area contributed by atoms with Crippen LogP contribution in [0.1, 0.15) is 38.7 Å². The van der Waals surface area contributed by atoms with Gasteiger partial charge >= 0.3 is 0 Å². The van der Waals surface area contributed by atoms with Gasteiger partial charge in [-0.1, -0.05) is 25.5 Å². The largest absolute Gasteiger partial charge is 0.484 e. The molecule has 1 aromatic rings. The molecule has 1 aliphatic heterocycles. The molecule has 120 valence electrons. The van der Waals surface area contributed by atoms with Gasteiger partial charge in [-0.25, -0.2) is 0 Å². The molecule has 0 atom stereocenters. The van der Waals surface area contributed by atoms with Crippen molar-refractivity contribution in [3.63, 3.8) is 0 Å². The van der Waals surface area contributed by atoms with E-state index in [1.807, 2.05) is 24.3 Å². The Labute approximate surface area is 132 Å². The predicted molar refractivity (Wildman–Crippen MR) is 85.9 cm³/mol. The van der Waals surface area contributed by atoms with E-state index in [4.69, 9.17) is 4.74 Å². The minimum Gasteiger partial charge on any atom is -0.484 e. The van der Waals surface area contributed by atoms with E-state index < -0.39 is 0 Å². The highest BCUT2D eigenvalue weighted by molar-refractivity contribution is 5.80. The fourth-order valence-electron chi connectivity index (χ4n) is 2.81. The zero-order chi connectivity index (χ0) is 15.9. The van der Waals surface area contributed by atoms with Gasteiger partial charge in [0.25, 0.3) is 5.91 Å². The molecule has 1 heterocycles. The Bertz CT molecular complexity index is 502. The molecule has 1 saturated heterocycles. The lowest BCUT2D eigenvalue weighted by atomic mass is 9.93. The molecular weight excluding hydrogens is 278 g/mol. The molecule has 0 spiro atoms. The number of Topliss-reactive ketones (excluding diaryl/α,β-unsaturated/α-hetero) is 1. The number of piperidine rings is 1. The number of amides is 1. The summed E-state index contributed by atoms with van der Waals surface area (Å²) in [5.41, 5.74) is 1.28. The number of likely N-dealkylation sites (tertiary alicyclic amines) is 1. The van der Waals surface area contributed by atoms with Crippen LogP contribution >= 0.6 is 0 Å². The lowest BCUT2D eigenvalue weighted by Crippen LogP contribution is -2.42. The average Bonchev–Trinajstić information content (AvgIpc) is 2.54. The molecule has 0 bridgehead atoms. The van der Waals surface area contributed by atoms with Crippen molar-refractivity contribution in [2.45, 2.75) is 39.5 Å². The second-order valence-electron chi connectivity index (χ2n) is 5.95. The Hall–Kier alpha value is -1.84. The Morgan fingerprint density at radius 2 is 1.82 bits per heavy atom. The summed E-state index contributed by atoms with van der Waals surface area (Å²) >= 11 is 0. The highest BCUT2D eigenvalue weighted by atomic mass is 16.5. The van der Waals surface area contributed by atoms with Gasteiger partial charge in [0, 0.05) is 19.0 Å². The topological polar surface area (TPSA) is 46.6 Å². The number of benzene rings is 1. The van der Waals surface area contributed by atoms with Gasteiger partial charge in [0.2, 0.25) is 0 Å².